The average Bonchev–Trinajstić information content (AvgIpc) is 3.00. The van der Waals surface area contributed by atoms with E-state index in [1.165, 1.54) is 10.6 Å². The molecule has 0 radical (unpaired) electrons. The highest BCUT2D eigenvalue weighted by Gasteiger charge is 2.26. The molecule has 2 aromatic carbocycles. The number of rotatable bonds is 5. The fourth-order valence-electron chi connectivity index (χ4n) is 3.10. The van der Waals surface area contributed by atoms with Crippen molar-refractivity contribution in [3.05, 3.63) is 58.6 Å². The normalized spacial score (nSPS) is 14.8. The van der Waals surface area contributed by atoms with E-state index in [9.17, 15) is 13.2 Å². The second-order valence-corrected chi connectivity index (χ2v) is 8.99. The van der Waals surface area contributed by atoms with Crippen molar-refractivity contribution in [3.8, 4) is 0 Å². The quantitative estimate of drug-likeness (QED) is 0.847. The highest BCUT2D eigenvalue weighted by Crippen LogP contribution is 2.32. The van der Waals surface area contributed by atoms with E-state index < -0.39 is 10.0 Å². The van der Waals surface area contributed by atoms with Crippen LogP contribution < -0.4 is 9.62 Å². The minimum absolute atomic E-state index is 0.108. The summed E-state index contributed by atoms with van der Waals surface area (Å²) in [5.41, 5.74) is 3.26. The van der Waals surface area contributed by atoms with E-state index >= 15 is 0 Å². The molecule has 0 saturated heterocycles. The van der Waals surface area contributed by atoms with Crippen molar-refractivity contribution in [2.75, 3.05) is 22.4 Å². The Labute approximate surface area is 159 Å². The second kappa shape index (κ2) is 7.29. The number of benzene rings is 2. The summed E-state index contributed by atoms with van der Waals surface area (Å²) in [5.74, 6) is -0.334. The molecule has 0 spiro atoms. The monoisotopic (exact) mass is 392 g/mol. The number of carbonyl (C=O) groups excluding carboxylic acids is 1. The number of sulfonamides is 1. The van der Waals surface area contributed by atoms with Crippen molar-refractivity contribution in [3.63, 3.8) is 0 Å². The molecule has 0 aromatic heterocycles. The molecule has 1 aliphatic heterocycles. The third-order valence-corrected chi connectivity index (χ3v) is 5.94. The molecule has 1 atom stereocenters. The fourth-order valence-corrected chi connectivity index (χ4v) is 4.18. The van der Waals surface area contributed by atoms with E-state index in [4.69, 9.17) is 11.6 Å². The van der Waals surface area contributed by atoms with Crippen LogP contribution in [0.1, 0.15) is 18.1 Å². The van der Waals surface area contributed by atoms with Gasteiger partial charge in [0.1, 0.15) is 0 Å². The maximum Gasteiger partial charge on any atom is 0.232 e. The van der Waals surface area contributed by atoms with E-state index in [1.807, 2.05) is 43.3 Å². The zero-order chi connectivity index (χ0) is 18.9. The van der Waals surface area contributed by atoms with Crippen LogP contribution in [-0.2, 0) is 27.7 Å². The molecule has 1 heterocycles. The summed E-state index contributed by atoms with van der Waals surface area (Å²) in [6.45, 7) is 2.30. The molecule has 1 unspecified atom stereocenters. The van der Waals surface area contributed by atoms with Crippen LogP contribution in [0, 0.1) is 5.92 Å². The van der Waals surface area contributed by atoms with Crippen molar-refractivity contribution in [1.29, 1.82) is 0 Å². The van der Waals surface area contributed by atoms with Gasteiger partial charge in [-0.25, -0.2) is 8.42 Å². The number of nitrogens with zero attached hydrogens (tertiary/aromatic N) is 1. The van der Waals surface area contributed by atoms with E-state index in [1.54, 1.807) is 6.07 Å². The minimum Gasteiger partial charge on any atom is -0.326 e. The smallest absolute Gasteiger partial charge is 0.232 e. The van der Waals surface area contributed by atoms with E-state index in [0.717, 1.165) is 11.1 Å². The molecule has 1 aliphatic rings. The molecule has 0 saturated carbocycles. The van der Waals surface area contributed by atoms with Crippen molar-refractivity contribution in [2.45, 2.75) is 19.8 Å². The van der Waals surface area contributed by atoms with E-state index in [2.05, 4.69) is 5.32 Å². The van der Waals surface area contributed by atoms with E-state index in [0.29, 0.717) is 35.8 Å². The lowest BCUT2D eigenvalue weighted by molar-refractivity contribution is -0.119. The number of anilines is 2. The summed E-state index contributed by atoms with van der Waals surface area (Å²) in [6.07, 6.45) is 2.48. The van der Waals surface area contributed by atoms with Gasteiger partial charge in [0.2, 0.25) is 15.9 Å². The SMILES string of the molecule is CC(Cc1ccc(Cl)cc1)C(=O)Nc1ccc2c(c1)N(S(C)(=O)=O)CC2. The molecule has 5 nitrogen and oxygen atoms in total. The van der Waals surface area contributed by atoms with Gasteiger partial charge in [-0.05, 0) is 48.2 Å². The van der Waals surface area contributed by atoms with Gasteiger partial charge in [-0.2, -0.15) is 0 Å². The minimum atomic E-state index is -3.31. The zero-order valence-electron chi connectivity index (χ0n) is 14.7. The summed E-state index contributed by atoms with van der Waals surface area (Å²) < 4.78 is 25.2. The molecule has 26 heavy (non-hydrogen) atoms. The van der Waals surface area contributed by atoms with Gasteiger partial charge in [-0.3, -0.25) is 9.10 Å². The maximum atomic E-state index is 12.5. The van der Waals surface area contributed by atoms with Crippen molar-refractivity contribution in [1.82, 2.24) is 0 Å². The van der Waals surface area contributed by atoms with Crippen molar-refractivity contribution < 1.29 is 13.2 Å². The Morgan fingerprint density at radius 2 is 1.92 bits per heavy atom. The zero-order valence-corrected chi connectivity index (χ0v) is 16.3. The lowest BCUT2D eigenvalue weighted by Crippen LogP contribution is -2.27. The van der Waals surface area contributed by atoms with Gasteiger partial charge in [0.25, 0.3) is 0 Å². The molecule has 2 aromatic rings. The van der Waals surface area contributed by atoms with Gasteiger partial charge in [0.15, 0.2) is 0 Å². The summed E-state index contributed by atoms with van der Waals surface area (Å²) >= 11 is 5.88. The number of hydrogen-bond donors (Lipinski definition) is 1. The van der Waals surface area contributed by atoms with Crippen LogP contribution in [0.3, 0.4) is 0 Å². The van der Waals surface area contributed by atoms with Crippen molar-refractivity contribution in [2.24, 2.45) is 5.92 Å². The summed E-state index contributed by atoms with van der Waals surface area (Å²) in [4.78, 5) is 12.5. The van der Waals surface area contributed by atoms with Crippen LogP contribution in [0.15, 0.2) is 42.5 Å². The molecule has 3 rings (SSSR count). The Morgan fingerprint density at radius 3 is 2.58 bits per heavy atom. The Hall–Kier alpha value is -2.05. The molecule has 138 valence electrons. The van der Waals surface area contributed by atoms with Gasteiger partial charge >= 0.3 is 0 Å². The average molecular weight is 393 g/mol. The standard InChI is InChI=1S/C19H21ClN2O3S/c1-13(11-14-3-6-16(20)7-4-14)19(23)21-17-8-5-15-9-10-22(18(15)12-17)26(2,24)25/h3-8,12-13H,9-11H2,1-2H3,(H,21,23). The van der Waals surface area contributed by atoms with Crippen molar-refractivity contribution >= 4 is 38.9 Å². The first-order chi connectivity index (χ1) is 12.2. The molecule has 1 N–H and O–H groups in total. The lowest BCUT2D eigenvalue weighted by atomic mass is 10.0. The van der Waals surface area contributed by atoms with Crippen LogP contribution in [0.4, 0.5) is 11.4 Å². The predicted molar refractivity (Wildman–Crippen MR) is 105 cm³/mol. The number of fused-ring (bicyclic) bond motifs is 1. The van der Waals surface area contributed by atoms with Gasteiger partial charge in [0.05, 0.1) is 11.9 Å². The molecule has 7 heteroatoms. The van der Waals surface area contributed by atoms with Gasteiger partial charge < -0.3 is 5.32 Å². The fraction of sp³-hybridized carbons (Fsp3) is 0.316. The maximum absolute atomic E-state index is 12.5. The first-order valence-electron chi connectivity index (χ1n) is 8.40. The Bertz CT molecular complexity index is 926. The Balaban J connectivity index is 1.71. The highest BCUT2D eigenvalue weighted by molar-refractivity contribution is 7.92. The number of halogens is 1. The highest BCUT2D eigenvalue weighted by atomic mass is 35.5. The molecule has 1 amide bonds. The first-order valence-corrected chi connectivity index (χ1v) is 10.6. The second-order valence-electron chi connectivity index (χ2n) is 6.65. The number of hydrogen-bond acceptors (Lipinski definition) is 3. The molecule has 0 fully saturated rings. The topological polar surface area (TPSA) is 66.5 Å². The van der Waals surface area contributed by atoms with Gasteiger partial charge in [-0.1, -0.05) is 36.7 Å². The summed E-state index contributed by atoms with van der Waals surface area (Å²) in [5, 5.41) is 3.55. The Kier molecular flexibility index (Phi) is 5.25. The van der Waals surface area contributed by atoms with Crippen LogP contribution in [0.2, 0.25) is 5.02 Å². The number of carbonyl (C=O) groups is 1. The Morgan fingerprint density at radius 1 is 1.23 bits per heavy atom. The van der Waals surface area contributed by atoms with E-state index in [-0.39, 0.29) is 11.8 Å². The lowest BCUT2D eigenvalue weighted by Gasteiger charge is -2.18. The van der Waals surface area contributed by atoms with Gasteiger partial charge in [-0.15, -0.1) is 0 Å². The summed E-state index contributed by atoms with van der Waals surface area (Å²) in [6, 6.07) is 12.9. The number of nitrogens with one attached hydrogen (secondary N) is 1. The van der Waals surface area contributed by atoms with Crippen LogP contribution in [-0.4, -0.2) is 27.1 Å². The van der Waals surface area contributed by atoms with Crippen LogP contribution in [0.5, 0.6) is 0 Å². The summed E-state index contributed by atoms with van der Waals surface area (Å²) in [7, 11) is -3.31. The third-order valence-electron chi connectivity index (χ3n) is 4.51. The first kappa shape index (κ1) is 18.7. The molecular weight excluding hydrogens is 372 g/mol. The largest absolute Gasteiger partial charge is 0.326 e. The third kappa shape index (κ3) is 4.19. The predicted octanol–water partition coefficient (Wildman–Crippen LogP) is 3.48. The number of amides is 1. The molecule has 0 aliphatic carbocycles. The van der Waals surface area contributed by atoms with Crippen LogP contribution in [0.25, 0.3) is 0 Å². The van der Waals surface area contributed by atoms with Crippen LogP contribution >= 0.6 is 11.6 Å². The van der Waals surface area contributed by atoms with Gasteiger partial charge in [0, 0.05) is 23.2 Å². The molecular formula is C19H21ClN2O3S. The molecule has 0 bridgehead atoms.